The van der Waals surface area contributed by atoms with Crippen molar-refractivity contribution in [2.24, 2.45) is 0 Å². The van der Waals surface area contributed by atoms with Gasteiger partial charge < -0.3 is 4.90 Å². The number of carbonyl (C=O) groups is 1. The molecular weight excluding hydrogens is 331 g/mol. The Balaban J connectivity index is 2.22. The van der Waals surface area contributed by atoms with Gasteiger partial charge in [0.2, 0.25) is 0 Å². The van der Waals surface area contributed by atoms with E-state index in [0.29, 0.717) is 17.3 Å². The molecule has 2 aromatic rings. The smallest absolute Gasteiger partial charge is 0.288 e. The lowest BCUT2D eigenvalue weighted by molar-refractivity contribution is 0.0742. The maximum absolute atomic E-state index is 13.8. The lowest BCUT2D eigenvalue weighted by Gasteiger charge is -2.25. The zero-order valence-electron chi connectivity index (χ0n) is 11.9. The van der Waals surface area contributed by atoms with E-state index in [1.807, 2.05) is 0 Å². The number of hydrogen-bond donors (Lipinski definition) is 0. The van der Waals surface area contributed by atoms with Crippen molar-refractivity contribution in [2.75, 3.05) is 7.05 Å². The third-order valence-electron chi connectivity index (χ3n) is 3.30. The summed E-state index contributed by atoms with van der Waals surface area (Å²) in [4.78, 5) is 14.3. The maximum atomic E-state index is 13.8. The molecule has 0 spiro atoms. The third-order valence-corrected chi connectivity index (χ3v) is 5.10. The van der Waals surface area contributed by atoms with E-state index in [1.165, 1.54) is 24.1 Å². The second kappa shape index (κ2) is 7.19. The molecule has 0 N–H and O–H groups in total. The fourth-order valence-corrected chi connectivity index (χ4v) is 3.68. The molecule has 0 radical (unpaired) electrons. The molecule has 1 aromatic carbocycles. The lowest BCUT2D eigenvalue weighted by atomic mass is 10.1. The van der Waals surface area contributed by atoms with Gasteiger partial charge in [-0.1, -0.05) is 30.0 Å². The van der Waals surface area contributed by atoms with Crippen LogP contribution in [0.1, 0.15) is 28.2 Å². The van der Waals surface area contributed by atoms with Crippen LogP contribution in [-0.2, 0) is 0 Å². The van der Waals surface area contributed by atoms with E-state index in [2.05, 4.69) is 0 Å². The van der Waals surface area contributed by atoms with Crippen molar-refractivity contribution >= 4 is 29.0 Å². The summed E-state index contributed by atoms with van der Waals surface area (Å²) in [6.45, 7) is 1.70. The summed E-state index contributed by atoms with van der Waals surface area (Å²) < 4.78 is 38.8. The molecule has 2 rings (SSSR count). The standard InChI is InChI=1S/C15H14F3NOS2/c1-9(10-5-3-4-6-11(10)16)19(2)14(20)13-12(7-8-21-13)22-15(17)18/h3-9,15H,1-2H3. The van der Waals surface area contributed by atoms with E-state index >= 15 is 0 Å². The number of thioether (sulfide) groups is 1. The molecule has 2 nitrogen and oxygen atoms in total. The fourth-order valence-electron chi connectivity index (χ4n) is 2.00. The first-order valence-electron chi connectivity index (χ1n) is 6.45. The molecular formula is C15H14F3NOS2. The Morgan fingerprint density at radius 2 is 1.95 bits per heavy atom. The average Bonchev–Trinajstić information content (AvgIpc) is 2.92. The minimum Gasteiger partial charge on any atom is -0.334 e. The number of hydrogen-bond acceptors (Lipinski definition) is 3. The first-order chi connectivity index (χ1) is 10.4. The van der Waals surface area contributed by atoms with E-state index in [1.54, 1.807) is 30.5 Å². The van der Waals surface area contributed by atoms with Gasteiger partial charge >= 0.3 is 0 Å². The predicted molar refractivity (Wildman–Crippen MR) is 83.1 cm³/mol. The van der Waals surface area contributed by atoms with Crippen LogP contribution in [0.3, 0.4) is 0 Å². The third kappa shape index (κ3) is 3.64. The number of amides is 1. The normalized spacial score (nSPS) is 12.5. The SMILES string of the molecule is CC(c1ccccc1F)N(C)C(=O)c1sccc1SC(F)F. The van der Waals surface area contributed by atoms with Gasteiger partial charge in [-0.05, 0) is 24.4 Å². The minimum atomic E-state index is -2.59. The second-order valence-corrected chi connectivity index (χ2v) is 6.55. The topological polar surface area (TPSA) is 20.3 Å². The number of nitrogens with zero attached hydrogens (tertiary/aromatic N) is 1. The molecule has 118 valence electrons. The molecule has 0 saturated carbocycles. The van der Waals surface area contributed by atoms with Crippen LogP contribution < -0.4 is 0 Å². The monoisotopic (exact) mass is 345 g/mol. The Kier molecular flexibility index (Phi) is 5.52. The molecule has 1 aromatic heterocycles. The number of alkyl halides is 2. The number of carbonyl (C=O) groups excluding carboxylic acids is 1. The molecule has 22 heavy (non-hydrogen) atoms. The van der Waals surface area contributed by atoms with Crippen molar-refractivity contribution in [3.05, 3.63) is 52.0 Å². The molecule has 0 aliphatic rings. The van der Waals surface area contributed by atoms with Gasteiger partial charge in [0.05, 0.1) is 6.04 Å². The molecule has 1 heterocycles. The first kappa shape index (κ1) is 16.9. The highest BCUT2D eigenvalue weighted by Crippen LogP contribution is 2.34. The van der Waals surface area contributed by atoms with Crippen molar-refractivity contribution in [1.29, 1.82) is 0 Å². The summed E-state index contributed by atoms with van der Waals surface area (Å²) in [7, 11) is 1.54. The van der Waals surface area contributed by atoms with Crippen LogP contribution in [-0.4, -0.2) is 23.6 Å². The highest BCUT2D eigenvalue weighted by atomic mass is 32.2. The number of rotatable bonds is 5. The zero-order valence-corrected chi connectivity index (χ0v) is 13.6. The summed E-state index contributed by atoms with van der Waals surface area (Å²) in [5.74, 6) is -3.38. The van der Waals surface area contributed by atoms with Crippen LogP contribution in [0.2, 0.25) is 0 Å². The summed E-state index contributed by atoms with van der Waals surface area (Å²) >= 11 is 1.45. The summed E-state index contributed by atoms with van der Waals surface area (Å²) in [6.07, 6.45) is 0. The number of benzene rings is 1. The van der Waals surface area contributed by atoms with Crippen molar-refractivity contribution in [3.63, 3.8) is 0 Å². The molecule has 0 fully saturated rings. The van der Waals surface area contributed by atoms with Crippen molar-refractivity contribution in [3.8, 4) is 0 Å². The van der Waals surface area contributed by atoms with Crippen molar-refractivity contribution in [1.82, 2.24) is 4.90 Å². The first-order valence-corrected chi connectivity index (χ1v) is 8.21. The Labute approximate surface area is 134 Å². The van der Waals surface area contributed by atoms with Crippen LogP contribution in [0, 0.1) is 5.82 Å². The van der Waals surface area contributed by atoms with Gasteiger partial charge in [0, 0.05) is 17.5 Å². The summed E-state index contributed by atoms with van der Waals surface area (Å²) in [5.41, 5.74) is 0.387. The number of halogens is 3. The molecule has 0 saturated heterocycles. The Morgan fingerprint density at radius 3 is 2.59 bits per heavy atom. The molecule has 1 amide bonds. The van der Waals surface area contributed by atoms with Gasteiger partial charge in [-0.15, -0.1) is 11.3 Å². The van der Waals surface area contributed by atoms with Gasteiger partial charge in [0.15, 0.2) is 0 Å². The van der Waals surface area contributed by atoms with Crippen LogP contribution in [0.25, 0.3) is 0 Å². The average molecular weight is 345 g/mol. The van der Waals surface area contributed by atoms with Gasteiger partial charge in [-0.2, -0.15) is 8.78 Å². The van der Waals surface area contributed by atoms with Gasteiger partial charge in [-0.3, -0.25) is 4.79 Å². The van der Waals surface area contributed by atoms with Crippen molar-refractivity contribution < 1.29 is 18.0 Å². The largest absolute Gasteiger partial charge is 0.334 e. The van der Waals surface area contributed by atoms with E-state index < -0.39 is 23.5 Å². The highest BCUT2D eigenvalue weighted by molar-refractivity contribution is 7.99. The summed E-state index contributed by atoms with van der Waals surface area (Å²) in [6, 6.07) is 7.19. The van der Waals surface area contributed by atoms with E-state index in [4.69, 9.17) is 0 Å². The number of thiophene rings is 1. The second-order valence-electron chi connectivity index (χ2n) is 4.61. The van der Waals surface area contributed by atoms with Gasteiger partial charge in [-0.25, -0.2) is 4.39 Å². The quantitative estimate of drug-likeness (QED) is 0.708. The Morgan fingerprint density at radius 1 is 1.27 bits per heavy atom. The fraction of sp³-hybridized carbons (Fsp3) is 0.267. The zero-order chi connectivity index (χ0) is 16.3. The molecule has 0 bridgehead atoms. The lowest BCUT2D eigenvalue weighted by Crippen LogP contribution is -2.29. The summed E-state index contributed by atoms with van der Waals surface area (Å²) in [5, 5.41) is 1.60. The predicted octanol–water partition coefficient (Wildman–Crippen LogP) is 5.04. The van der Waals surface area contributed by atoms with Crippen LogP contribution in [0.15, 0.2) is 40.6 Å². The van der Waals surface area contributed by atoms with Crippen molar-refractivity contribution in [2.45, 2.75) is 23.6 Å². The van der Waals surface area contributed by atoms with Crippen LogP contribution in [0.4, 0.5) is 13.2 Å². The van der Waals surface area contributed by atoms with Gasteiger partial charge in [0.25, 0.3) is 11.7 Å². The van der Waals surface area contributed by atoms with Crippen LogP contribution in [0.5, 0.6) is 0 Å². The van der Waals surface area contributed by atoms with E-state index in [-0.39, 0.29) is 9.77 Å². The molecule has 0 aliphatic carbocycles. The van der Waals surface area contributed by atoms with Gasteiger partial charge in [0.1, 0.15) is 10.7 Å². The van der Waals surface area contributed by atoms with E-state index in [0.717, 1.165) is 11.3 Å². The molecule has 1 atom stereocenters. The highest BCUT2D eigenvalue weighted by Gasteiger charge is 2.25. The minimum absolute atomic E-state index is 0.246. The van der Waals surface area contributed by atoms with Crippen LogP contribution >= 0.6 is 23.1 Å². The Hall–Kier alpha value is -1.47. The molecule has 1 unspecified atom stereocenters. The van der Waals surface area contributed by atoms with E-state index in [9.17, 15) is 18.0 Å². The Bertz CT molecular complexity index is 660. The molecule has 0 aliphatic heterocycles. The maximum Gasteiger partial charge on any atom is 0.288 e. The molecule has 7 heteroatoms.